The van der Waals surface area contributed by atoms with Crippen molar-refractivity contribution < 1.29 is 0 Å². The van der Waals surface area contributed by atoms with Gasteiger partial charge in [-0.25, -0.2) is 9.97 Å². The third-order valence-electron chi connectivity index (χ3n) is 3.01. The Hall–Kier alpha value is -2.24. The van der Waals surface area contributed by atoms with E-state index in [2.05, 4.69) is 26.9 Å². The third kappa shape index (κ3) is 4.38. The Bertz CT molecular complexity index is 597. The first kappa shape index (κ1) is 17.8. The molecule has 0 aliphatic heterocycles. The van der Waals surface area contributed by atoms with E-state index < -0.39 is 0 Å². The quantitative estimate of drug-likeness (QED) is 0.865. The summed E-state index contributed by atoms with van der Waals surface area (Å²) in [5, 5.41) is 0. The first-order chi connectivity index (χ1) is 10.5. The molecule has 0 fully saturated rings. The van der Waals surface area contributed by atoms with Crippen LogP contribution in [0.25, 0.3) is 11.4 Å². The van der Waals surface area contributed by atoms with Crippen LogP contribution in [-0.2, 0) is 0 Å². The smallest absolute Gasteiger partial charge is 0.228 e. The molecule has 6 nitrogen and oxygen atoms in total. The molecular weight excluding hydrogens is 276 g/mol. The Morgan fingerprint density at radius 3 is 2.32 bits per heavy atom. The van der Waals surface area contributed by atoms with Gasteiger partial charge in [-0.1, -0.05) is 13.8 Å². The molecule has 0 saturated heterocycles. The SMILES string of the molecule is CC.CCN(C)c1nc(C)nc(-c2ccnc(N(C)C)c2)n1. The van der Waals surface area contributed by atoms with E-state index in [-0.39, 0.29) is 0 Å². The van der Waals surface area contributed by atoms with Gasteiger partial charge in [-0.05, 0) is 26.0 Å². The van der Waals surface area contributed by atoms with Gasteiger partial charge in [-0.3, -0.25) is 0 Å². The van der Waals surface area contributed by atoms with Crippen LogP contribution in [0.4, 0.5) is 11.8 Å². The zero-order valence-corrected chi connectivity index (χ0v) is 14.6. The fourth-order valence-corrected chi connectivity index (χ4v) is 1.71. The van der Waals surface area contributed by atoms with Crippen molar-refractivity contribution in [3.05, 3.63) is 24.2 Å². The Labute approximate surface area is 133 Å². The van der Waals surface area contributed by atoms with Gasteiger partial charge in [0.1, 0.15) is 11.6 Å². The third-order valence-corrected chi connectivity index (χ3v) is 3.01. The normalized spacial score (nSPS) is 9.77. The van der Waals surface area contributed by atoms with Crippen LogP contribution in [0.5, 0.6) is 0 Å². The molecule has 0 bridgehead atoms. The standard InChI is InChI=1S/C14H20N6.C2H6/c1-6-20(5)14-17-10(2)16-13(18-14)11-7-8-15-12(9-11)19(3)4;1-2/h7-9H,6H2,1-5H3;1-2H3. The first-order valence-corrected chi connectivity index (χ1v) is 7.58. The lowest BCUT2D eigenvalue weighted by atomic mass is 10.2. The van der Waals surface area contributed by atoms with Crippen LogP contribution in [0, 0.1) is 6.92 Å². The number of nitrogens with zero attached hydrogens (tertiary/aromatic N) is 6. The monoisotopic (exact) mass is 302 g/mol. The molecule has 2 aromatic heterocycles. The molecule has 0 aliphatic rings. The van der Waals surface area contributed by atoms with Gasteiger partial charge in [-0.2, -0.15) is 9.97 Å². The molecule has 0 atom stereocenters. The maximum atomic E-state index is 4.53. The highest BCUT2D eigenvalue weighted by Gasteiger charge is 2.10. The van der Waals surface area contributed by atoms with E-state index in [1.807, 2.05) is 63.8 Å². The number of aromatic nitrogens is 4. The van der Waals surface area contributed by atoms with Gasteiger partial charge in [0.05, 0.1) is 0 Å². The van der Waals surface area contributed by atoms with Crippen molar-refractivity contribution in [1.29, 1.82) is 0 Å². The molecule has 2 aromatic rings. The molecule has 0 amide bonds. The van der Waals surface area contributed by atoms with E-state index >= 15 is 0 Å². The second-order valence-electron chi connectivity index (χ2n) is 4.82. The van der Waals surface area contributed by atoms with Gasteiger partial charge in [0.15, 0.2) is 5.82 Å². The second-order valence-corrected chi connectivity index (χ2v) is 4.82. The van der Waals surface area contributed by atoms with Crippen molar-refractivity contribution in [2.24, 2.45) is 0 Å². The number of pyridine rings is 1. The topological polar surface area (TPSA) is 58.0 Å². The number of hydrogen-bond donors (Lipinski definition) is 0. The Morgan fingerprint density at radius 1 is 1.05 bits per heavy atom. The summed E-state index contributed by atoms with van der Waals surface area (Å²) in [5.74, 6) is 2.97. The van der Waals surface area contributed by atoms with Crippen LogP contribution < -0.4 is 9.80 Å². The molecule has 0 N–H and O–H groups in total. The maximum absolute atomic E-state index is 4.53. The lowest BCUT2D eigenvalue weighted by Gasteiger charge is -2.16. The summed E-state index contributed by atoms with van der Waals surface area (Å²) in [4.78, 5) is 21.6. The van der Waals surface area contributed by atoms with Crippen molar-refractivity contribution in [2.75, 3.05) is 37.5 Å². The first-order valence-electron chi connectivity index (χ1n) is 7.58. The van der Waals surface area contributed by atoms with E-state index in [1.165, 1.54) is 0 Å². The van der Waals surface area contributed by atoms with Crippen molar-refractivity contribution in [3.8, 4) is 11.4 Å². The van der Waals surface area contributed by atoms with Crippen molar-refractivity contribution in [2.45, 2.75) is 27.7 Å². The summed E-state index contributed by atoms with van der Waals surface area (Å²) >= 11 is 0. The average molecular weight is 302 g/mol. The minimum absolute atomic E-state index is 0.679. The molecule has 0 aliphatic carbocycles. The summed E-state index contributed by atoms with van der Waals surface area (Å²) < 4.78 is 0. The molecular formula is C16H26N6. The molecule has 0 unspecified atom stereocenters. The van der Waals surface area contributed by atoms with E-state index in [4.69, 9.17) is 0 Å². The molecule has 0 radical (unpaired) electrons. The molecule has 22 heavy (non-hydrogen) atoms. The van der Waals surface area contributed by atoms with Gasteiger partial charge in [0, 0.05) is 39.4 Å². The summed E-state index contributed by atoms with van der Waals surface area (Å²) in [7, 11) is 5.89. The minimum Gasteiger partial charge on any atom is -0.363 e. The average Bonchev–Trinajstić information content (AvgIpc) is 2.55. The molecule has 6 heteroatoms. The lowest BCUT2D eigenvalue weighted by Crippen LogP contribution is -2.20. The highest BCUT2D eigenvalue weighted by molar-refractivity contribution is 5.60. The van der Waals surface area contributed by atoms with Crippen LogP contribution in [0.1, 0.15) is 26.6 Å². The summed E-state index contributed by atoms with van der Waals surface area (Å²) in [6.07, 6.45) is 1.77. The fraction of sp³-hybridized carbons (Fsp3) is 0.500. The van der Waals surface area contributed by atoms with E-state index in [1.54, 1.807) is 6.20 Å². The molecule has 0 aromatic carbocycles. The van der Waals surface area contributed by atoms with Gasteiger partial charge in [0.25, 0.3) is 0 Å². The van der Waals surface area contributed by atoms with E-state index in [0.29, 0.717) is 17.6 Å². The Kier molecular flexibility index (Phi) is 6.69. The highest BCUT2D eigenvalue weighted by atomic mass is 15.3. The number of rotatable bonds is 4. The predicted molar refractivity (Wildman–Crippen MR) is 92.4 cm³/mol. The summed E-state index contributed by atoms with van der Waals surface area (Å²) in [5.41, 5.74) is 0.944. The molecule has 120 valence electrons. The molecule has 2 heterocycles. The Morgan fingerprint density at radius 2 is 1.73 bits per heavy atom. The summed E-state index contributed by atoms with van der Waals surface area (Å²) in [6.45, 7) is 8.80. The van der Waals surface area contributed by atoms with Crippen LogP contribution in [0.2, 0.25) is 0 Å². The Balaban J connectivity index is 0.00000116. The second kappa shape index (κ2) is 8.26. The molecule has 2 rings (SSSR count). The minimum atomic E-state index is 0.679. The number of anilines is 2. The molecule has 0 spiro atoms. The van der Waals surface area contributed by atoms with Crippen LogP contribution in [0.3, 0.4) is 0 Å². The van der Waals surface area contributed by atoms with Gasteiger partial charge in [-0.15, -0.1) is 0 Å². The van der Waals surface area contributed by atoms with Crippen molar-refractivity contribution >= 4 is 11.8 Å². The fourth-order valence-electron chi connectivity index (χ4n) is 1.71. The van der Waals surface area contributed by atoms with Crippen molar-refractivity contribution in [1.82, 2.24) is 19.9 Å². The number of hydrogen-bond acceptors (Lipinski definition) is 6. The van der Waals surface area contributed by atoms with Crippen molar-refractivity contribution in [3.63, 3.8) is 0 Å². The van der Waals surface area contributed by atoms with E-state index in [0.717, 1.165) is 17.9 Å². The molecule has 0 saturated carbocycles. The van der Waals surface area contributed by atoms with Crippen LogP contribution in [-0.4, -0.2) is 47.6 Å². The largest absolute Gasteiger partial charge is 0.363 e. The van der Waals surface area contributed by atoms with Gasteiger partial charge >= 0.3 is 0 Å². The van der Waals surface area contributed by atoms with E-state index in [9.17, 15) is 0 Å². The summed E-state index contributed by atoms with van der Waals surface area (Å²) in [6, 6.07) is 3.89. The lowest BCUT2D eigenvalue weighted by molar-refractivity contribution is 0.866. The van der Waals surface area contributed by atoms with Crippen LogP contribution >= 0.6 is 0 Å². The number of aryl methyl sites for hydroxylation is 1. The highest BCUT2D eigenvalue weighted by Crippen LogP contribution is 2.20. The maximum Gasteiger partial charge on any atom is 0.228 e. The van der Waals surface area contributed by atoms with Gasteiger partial charge in [0.2, 0.25) is 5.95 Å². The zero-order valence-electron chi connectivity index (χ0n) is 14.6. The zero-order chi connectivity index (χ0) is 16.7. The van der Waals surface area contributed by atoms with Crippen LogP contribution in [0.15, 0.2) is 18.3 Å². The van der Waals surface area contributed by atoms with Gasteiger partial charge < -0.3 is 9.80 Å². The predicted octanol–water partition coefficient (Wildman–Crippen LogP) is 2.79.